The van der Waals surface area contributed by atoms with Gasteiger partial charge in [-0.2, -0.15) is 0 Å². The monoisotopic (exact) mass is 249 g/mol. The SMILES string of the molecule is COc1cc(C2CCNC2)ccc1OCC(C)C. The Hall–Kier alpha value is -1.22. The van der Waals surface area contributed by atoms with Crippen LogP contribution in [0.25, 0.3) is 0 Å². The molecular weight excluding hydrogens is 226 g/mol. The number of hydrogen-bond acceptors (Lipinski definition) is 3. The van der Waals surface area contributed by atoms with E-state index in [-0.39, 0.29) is 0 Å². The highest BCUT2D eigenvalue weighted by molar-refractivity contribution is 5.44. The Morgan fingerprint density at radius 1 is 1.33 bits per heavy atom. The molecule has 0 saturated carbocycles. The van der Waals surface area contributed by atoms with Crippen LogP contribution in [-0.4, -0.2) is 26.8 Å². The summed E-state index contributed by atoms with van der Waals surface area (Å²) in [7, 11) is 1.70. The maximum atomic E-state index is 5.77. The molecule has 1 aliphatic rings. The Balaban J connectivity index is 2.11. The van der Waals surface area contributed by atoms with Gasteiger partial charge in [-0.05, 0) is 42.5 Å². The van der Waals surface area contributed by atoms with E-state index in [4.69, 9.17) is 9.47 Å². The number of nitrogens with one attached hydrogen (secondary N) is 1. The van der Waals surface area contributed by atoms with Gasteiger partial charge in [-0.1, -0.05) is 19.9 Å². The maximum Gasteiger partial charge on any atom is 0.161 e. The molecular formula is C15H23NO2. The van der Waals surface area contributed by atoms with Crippen molar-refractivity contribution < 1.29 is 9.47 Å². The molecule has 1 atom stereocenters. The first kappa shape index (κ1) is 13.2. The molecule has 1 unspecified atom stereocenters. The average molecular weight is 249 g/mol. The van der Waals surface area contributed by atoms with Crippen LogP contribution in [0.5, 0.6) is 11.5 Å². The van der Waals surface area contributed by atoms with Crippen LogP contribution in [0.4, 0.5) is 0 Å². The van der Waals surface area contributed by atoms with Crippen molar-refractivity contribution in [2.75, 3.05) is 26.8 Å². The van der Waals surface area contributed by atoms with Crippen LogP contribution < -0.4 is 14.8 Å². The van der Waals surface area contributed by atoms with Crippen molar-refractivity contribution >= 4 is 0 Å². The highest BCUT2D eigenvalue weighted by atomic mass is 16.5. The molecule has 0 amide bonds. The molecule has 18 heavy (non-hydrogen) atoms. The van der Waals surface area contributed by atoms with Gasteiger partial charge in [-0.15, -0.1) is 0 Å². The summed E-state index contributed by atoms with van der Waals surface area (Å²) >= 11 is 0. The van der Waals surface area contributed by atoms with Crippen molar-refractivity contribution in [2.45, 2.75) is 26.2 Å². The molecule has 0 aromatic heterocycles. The number of methoxy groups -OCH3 is 1. The number of hydrogen-bond donors (Lipinski definition) is 1. The second-order valence-electron chi connectivity index (χ2n) is 5.30. The molecule has 1 saturated heterocycles. The third-order valence-corrected chi connectivity index (χ3v) is 3.29. The molecule has 2 rings (SSSR count). The minimum atomic E-state index is 0.522. The van der Waals surface area contributed by atoms with Gasteiger partial charge >= 0.3 is 0 Å². The standard InChI is InChI=1S/C15H23NO2/c1-11(2)10-18-14-5-4-12(8-15(14)17-3)13-6-7-16-9-13/h4-5,8,11,13,16H,6-7,9-10H2,1-3H3. The first-order chi connectivity index (χ1) is 8.70. The summed E-state index contributed by atoms with van der Waals surface area (Å²) in [5.74, 6) is 2.83. The van der Waals surface area contributed by atoms with Crippen LogP contribution in [0.1, 0.15) is 31.7 Å². The highest BCUT2D eigenvalue weighted by Crippen LogP contribution is 2.33. The van der Waals surface area contributed by atoms with E-state index in [0.717, 1.165) is 31.2 Å². The molecule has 0 spiro atoms. The van der Waals surface area contributed by atoms with Gasteiger partial charge in [0.05, 0.1) is 13.7 Å². The summed E-state index contributed by atoms with van der Waals surface area (Å²) in [6, 6.07) is 6.32. The van der Waals surface area contributed by atoms with Crippen LogP contribution in [0.15, 0.2) is 18.2 Å². The zero-order chi connectivity index (χ0) is 13.0. The molecule has 3 heteroatoms. The first-order valence-electron chi connectivity index (χ1n) is 6.72. The number of rotatable bonds is 5. The fraction of sp³-hybridized carbons (Fsp3) is 0.600. The van der Waals surface area contributed by atoms with Crippen molar-refractivity contribution in [1.82, 2.24) is 5.32 Å². The van der Waals surface area contributed by atoms with Gasteiger partial charge < -0.3 is 14.8 Å². The smallest absolute Gasteiger partial charge is 0.161 e. The lowest BCUT2D eigenvalue weighted by Crippen LogP contribution is -2.08. The molecule has 1 fully saturated rings. The molecule has 0 radical (unpaired) electrons. The Bertz CT molecular complexity index is 384. The summed E-state index contributed by atoms with van der Waals surface area (Å²) in [6.07, 6.45) is 1.20. The largest absolute Gasteiger partial charge is 0.493 e. The van der Waals surface area contributed by atoms with Gasteiger partial charge in [0.25, 0.3) is 0 Å². The van der Waals surface area contributed by atoms with Gasteiger partial charge in [0, 0.05) is 6.54 Å². The third kappa shape index (κ3) is 3.16. The van der Waals surface area contributed by atoms with Crippen LogP contribution in [0.2, 0.25) is 0 Å². The highest BCUT2D eigenvalue weighted by Gasteiger charge is 2.18. The van der Waals surface area contributed by atoms with Crippen molar-refractivity contribution in [3.8, 4) is 11.5 Å². The fourth-order valence-corrected chi connectivity index (χ4v) is 2.25. The molecule has 1 aromatic rings. The second kappa shape index (κ2) is 6.10. The van der Waals surface area contributed by atoms with Crippen LogP contribution >= 0.6 is 0 Å². The van der Waals surface area contributed by atoms with E-state index in [0.29, 0.717) is 11.8 Å². The van der Waals surface area contributed by atoms with Crippen molar-refractivity contribution in [3.63, 3.8) is 0 Å². The third-order valence-electron chi connectivity index (χ3n) is 3.29. The van der Waals surface area contributed by atoms with E-state index in [1.54, 1.807) is 7.11 Å². The maximum absolute atomic E-state index is 5.77. The molecule has 1 aromatic carbocycles. The summed E-state index contributed by atoms with van der Waals surface area (Å²) < 4.78 is 11.2. The zero-order valence-electron chi connectivity index (χ0n) is 11.5. The van der Waals surface area contributed by atoms with Crippen LogP contribution in [0.3, 0.4) is 0 Å². The lowest BCUT2D eigenvalue weighted by Gasteiger charge is -2.15. The quantitative estimate of drug-likeness (QED) is 0.870. The summed E-state index contributed by atoms with van der Waals surface area (Å²) in [5.41, 5.74) is 1.34. The van der Waals surface area contributed by atoms with E-state index in [1.165, 1.54) is 12.0 Å². The van der Waals surface area contributed by atoms with Gasteiger partial charge in [0.1, 0.15) is 0 Å². The lowest BCUT2D eigenvalue weighted by atomic mass is 9.98. The minimum absolute atomic E-state index is 0.522. The first-order valence-corrected chi connectivity index (χ1v) is 6.72. The molecule has 1 N–H and O–H groups in total. The normalized spacial score (nSPS) is 19.2. The van der Waals surface area contributed by atoms with Gasteiger partial charge in [-0.25, -0.2) is 0 Å². The zero-order valence-corrected chi connectivity index (χ0v) is 11.5. The van der Waals surface area contributed by atoms with Crippen molar-refractivity contribution in [1.29, 1.82) is 0 Å². The Kier molecular flexibility index (Phi) is 4.48. The molecule has 1 heterocycles. The van der Waals surface area contributed by atoms with Gasteiger partial charge in [-0.3, -0.25) is 0 Å². The fourth-order valence-electron chi connectivity index (χ4n) is 2.25. The molecule has 100 valence electrons. The number of benzene rings is 1. The van der Waals surface area contributed by atoms with E-state index >= 15 is 0 Å². The molecule has 0 bridgehead atoms. The van der Waals surface area contributed by atoms with E-state index in [1.807, 2.05) is 6.07 Å². The van der Waals surface area contributed by atoms with Crippen molar-refractivity contribution in [3.05, 3.63) is 23.8 Å². The van der Waals surface area contributed by atoms with Crippen LogP contribution in [-0.2, 0) is 0 Å². The van der Waals surface area contributed by atoms with E-state index < -0.39 is 0 Å². The Morgan fingerprint density at radius 2 is 2.17 bits per heavy atom. The second-order valence-corrected chi connectivity index (χ2v) is 5.30. The van der Waals surface area contributed by atoms with Gasteiger partial charge in [0.2, 0.25) is 0 Å². The van der Waals surface area contributed by atoms with Crippen molar-refractivity contribution in [2.24, 2.45) is 5.92 Å². The molecule has 3 nitrogen and oxygen atoms in total. The summed E-state index contributed by atoms with van der Waals surface area (Å²) in [5, 5.41) is 3.39. The van der Waals surface area contributed by atoms with E-state index in [2.05, 4.69) is 31.3 Å². The van der Waals surface area contributed by atoms with E-state index in [9.17, 15) is 0 Å². The summed E-state index contributed by atoms with van der Waals surface area (Å²) in [4.78, 5) is 0. The minimum Gasteiger partial charge on any atom is -0.493 e. The molecule has 0 aliphatic carbocycles. The van der Waals surface area contributed by atoms with Crippen LogP contribution in [0, 0.1) is 5.92 Å². The Labute approximate surface area is 109 Å². The number of ether oxygens (including phenoxy) is 2. The predicted molar refractivity (Wildman–Crippen MR) is 73.6 cm³/mol. The molecule has 1 aliphatic heterocycles. The lowest BCUT2D eigenvalue weighted by molar-refractivity contribution is 0.256. The average Bonchev–Trinajstić information content (AvgIpc) is 2.90. The Morgan fingerprint density at radius 3 is 2.78 bits per heavy atom. The van der Waals surface area contributed by atoms with Gasteiger partial charge in [0.15, 0.2) is 11.5 Å². The topological polar surface area (TPSA) is 30.5 Å². The summed E-state index contributed by atoms with van der Waals surface area (Å²) in [6.45, 7) is 7.19. The predicted octanol–water partition coefficient (Wildman–Crippen LogP) is 2.81.